The van der Waals surface area contributed by atoms with Crippen LogP contribution in [0.2, 0.25) is 0 Å². The summed E-state index contributed by atoms with van der Waals surface area (Å²) in [5.74, 6) is -0.883. The van der Waals surface area contributed by atoms with Crippen molar-refractivity contribution in [1.82, 2.24) is 5.06 Å². The van der Waals surface area contributed by atoms with E-state index in [9.17, 15) is 14.4 Å². The first kappa shape index (κ1) is 13.5. The maximum absolute atomic E-state index is 11.6. The highest BCUT2D eigenvalue weighted by molar-refractivity contribution is 5.93. The highest BCUT2D eigenvalue weighted by Gasteiger charge is 2.28. The molecule has 0 aliphatic carbocycles. The van der Waals surface area contributed by atoms with Crippen LogP contribution in [0.15, 0.2) is 30.3 Å². The normalized spacial score (nSPS) is 9.22. The molecule has 0 heterocycles. The van der Waals surface area contributed by atoms with E-state index in [0.29, 0.717) is 0 Å². The van der Waals surface area contributed by atoms with Crippen molar-refractivity contribution in [2.75, 3.05) is 14.2 Å². The van der Waals surface area contributed by atoms with Gasteiger partial charge in [0.1, 0.15) is 0 Å². The second-order valence-electron chi connectivity index (χ2n) is 2.98. The number of ether oxygens (including phenoxy) is 2. The topological polar surface area (TPSA) is 82.1 Å². The van der Waals surface area contributed by atoms with Gasteiger partial charge in [-0.2, -0.15) is 0 Å². The van der Waals surface area contributed by atoms with Crippen molar-refractivity contribution in [3.8, 4) is 0 Å². The van der Waals surface area contributed by atoms with E-state index in [2.05, 4.69) is 14.3 Å². The van der Waals surface area contributed by atoms with E-state index in [0.717, 1.165) is 14.2 Å². The number of hydrogen-bond acceptors (Lipinski definition) is 6. The van der Waals surface area contributed by atoms with Gasteiger partial charge in [-0.25, -0.2) is 14.4 Å². The molecule has 1 aromatic rings. The van der Waals surface area contributed by atoms with E-state index < -0.39 is 18.2 Å². The fourth-order valence-electron chi connectivity index (χ4n) is 1.02. The number of methoxy groups -OCH3 is 2. The zero-order valence-electron chi connectivity index (χ0n) is 9.78. The van der Waals surface area contributed by atoms with Crippen LogP contribution in [0, 0.1) is 0 Å². The number of nitrogens with zero attached hydrogens (tertiary/aromatic N) is 1. The largest absolute Gasteiger partial charge is 0.453 e. The van der Waals surface area contributed by atoms with Gasteiger partial charge in [-0.3, -0.25) is 0 Å². The average molecular weight is 253 g/mol. The van der Waals surface area contributed by atoms with Gasteiger partial charge in [0.15, 0.2) is 0 Å². The third-order valence-electron chi connectivity index (χ3n) is 1.86. The van der Waals surface area contributed by atoms with Crippen molar-refractivity contribution >= 4 is 18.2 Å². The molecule has 1 rings (SSSR count). The molecule has 0 spiro atoms. The summed E-state index contributed by atoms with van der Waals surface area (Å²) in [7, 11) is 2.07. The Labute approximate surface area is 103 Å². The number of benzene rings is 1. The maximum Gasteiger partial charge on any atom is 0.453 e. The SMILES string of the molecule is COC(=O)N(OC(=O)c1ccccc1)C(=O)OC. The summed E-state index contributed by atoms with van der Waals surface area (Å²) in [5.41, 5.74) is 0.176. The van der Waals surface area contributed by atoms with Gasteiger partial charge < -0.3 is 14.3 Å². The summed E-state index contributed by atoms with van der Waals surface area (Å²) in [6.45, 7) is 0. The molecule has 0 radical (unpaired) electrons. The van der Waals surface area contributed by atoms with Gasteiger partial charge in [-0.05, 0) is 17.2 Å². The lowest BCUT2D eigenvalue weighted by Crippen LogP contribution is -2.38. The first-order chi connectivity index (χ1) is 8.60. The van der Waals surface area contributed by atoms with Gasteiger partial charge in [0.05, 0.1) is 19.8 Å². The van der Waals surface area contributed by atoms with Crippen LogP contribution in [0.3, 0.4) is 0 Å². The van der Waals surface area contributed by atoms with Crippen molar-refractivity contribution in [3.63, 3.8) is 0 Å². The van der Waals surface area contributed by atoms with E-state index in [1.165, 1.54) is 12.1 Å². The molecule has 0 aromatic heterocycles. The van der Waals surface area contributed by atoms with Crippen LogP contribution in [-0.2, 0) is 14.3 Å². The summed E-state index contributed by atoms with van der Waals surface area (Å²) in [5, 5.41) is 0.0926. The molecular formula is C11H11NO6. The van der Waals surface area contributed by atoms with Crippen LogP contribution in [-0.4, -0.2) is 37.4 Å². The minimum Gasteiger partial charge on any atom is -0.450 e. The Morgan fingerprint density at radius 3 is 1.89 bits per heavy atom. The second-order valence-corrected chi connectivity index (χ2v) is 2.98. The third-order valence-corrected chi connectivity index (χ3v) is 1.86. The van der Waals surface area contributed by atoms with Gasteiger partial charge >= 0.3 is 18.2 Å². The highest BCUT2D eigenvalue weighted by Crippen LogP contribution is 2.06. The van der Waals surface area contributed by atoms with E-state index >= 15 is 0 Å². The molecule has 0 fully saturated rings. The third kappa shape index (κ3) is 3.21. The predicted octanol–water partition coefficient (Wildman–Crippen LogP) is 1.59. The van der Waals surface area contributed by atoms with Crippen LogP contribution in [0.1, 0.15) is 10.4 Å². The lowest BCUT2D eigenvalue weighted by atomic mass is 10.2. The number of imide groups is 1. The number of carbonyl (C=O) groups excluding carboxylic acids is 3. The van der Waals surface area contributed by atoms with Crippen molar-refractivity contribution in [1.29, 1.82) is 0 Å². The van der Waals surface area contributed by atoms with Gasteiger partial charge in [0.25, 0.3) is 0 Å². The van der Waals surface area contributed by atoms with Gasteiger partial charge in [-0.1, -0.05) is 18.2 Å². The molecule has 0 aliphatic heterocycles. The molecule has 0 saturated heterocycles. The molecule has 0 unspecified atom stereocenters. The zero-order chi connectivity index (χ0) is 13.5. The second kappa shape index (κ2) is 6.24. The molecule has 0 aliphatic rings. The van der Waals surface area contributed by atoms with Gasteiger partial charge in [0, 0.05) is 0 Å². The summed E-state index contributed by atoms with van der Waals surface area (Å²) >= 11 is 0. The minimum atomic E-state index is -1.16. The predicted molar refractivity (Wildman–Crippen MR) is 58.5 cm³/mol. The van der Waals surface area contributed by atoms with E-state index in [1.807, 2.05) is 0 Å². The van der Waals surface area contributed by atoms with Crippen molar-refractivity contribution in [2.24, 2.45) is 0 Å². The number of carbonyl (C=O) groups is 3. The Morgan fingerprint density at radius 2 is 1.44 bits per heavy atom. The lowest BCUT2D eigenvalue weighted by molar-refractivity contribution is -0.0759. The number of hydroxylamine groups is 2. The molecule has 18 heavy (non-hydrogen) atoms. The monoisotopic (exact) mass is 253 g/mol. The Kier molecular flexibility index (Phi) is 4.67. The van der Waals surface area contributed by atoms with Crippen LogP contribution in [0.5, 0.6) is 0 Å². The molecule has 1 aromatic carbocycles. The van der Waals surface area contributed by atoms with E-state index in [4.69, 9.17) is 0 Å². The molecule has 0 N–H and O–H groups in total. The average Bonchev–Trinajstić information content (AvgIpc) is 2.43. The fraction of sp³-hybridized carbons (Fsp3) is 0.182. The number of hydrogen-bond donors (Lipinski definition) is 0. The summed E-state index contributed by atoms with van der Waals surface area (Å²) in [6.07, 6.45) is -2.32. The minimum absolute atomic E-state index is 0.0926. The lowest BCUT2D eigenvalue weighted by Gasteiger charge is -2.15. The molecule has 7 heteroatoms. The first-order valence-electron chi connectivity index (χ1n) is 4.83. The summed E-state index contributed by atoms with van der Waals surface area (Å²) in [4.78, 5) is 38.6. The van der Waals surface area contributed by atoms with Gasteiger partial charge in [0.2, 0.25) is 0 Å². The summed E-state index contributed by atoms with van der Waals surface area (Å²) < 4.78 is 8.56. The quantitative estimate of drug-likeness (QED) is 0.707. The zero-order valence-corrected chi connectivity index (χ0v) is 9.78. The van der Waals surface area contributed by atoms with Crippen LogP contribution >= 0.6 is 0 Å². The summed E-state index contributed by atoms with van der Waals surface area (Å²) in [6, 6.07) is 7.85. The van der Waals surface area contributed by atoms with Gasteiger partial charge in [-0.15, -0.1) is 0 Å². The first-order valence-corrected chi connectivity index (χ1v) is 4.83. The Balaban J connectivity index is 2.81. The highest BCUT2D eigenvalue weighted by atomic mass is 16.8. The van der Waals surface area contributed by atoms with Crippen molar-refractivity contribution in [3.05, 3.63) is 35.9 Å². The Morgan fingerprint density at radius 1 is 0.944 bits per heavy atom. The Hall–Kier alpha value is -2.57. The van der Waals surface area contributed by atoms with E-state index in [-0.39, 0.29) is 10.6 Å². The van der Waals surface area contributed by atoms with Crippen molar-refractivity contribution < 1.29 is 28.7 Å². The molecule has 0 bridgehead atoms. The van der Waals surface area contributed by atoms with E-state index in [1.54, 1.807) is 18.2 Å². The molecule has 96 valence electrons. The Bertz CT molecular complexity index is 428. The van der Waals surface area contributed by atoms with Crippen LogP contribution in [0.25, 0.3) is 0 Å². The maximum atomic E-state index is 11.6. The molecule has 2 amide bonds. The number of rotatable bonds is 1. The van der Waals surface area contributed by atoms with Crippen LogP contribution < -0.4 is 0 Å². The number of amides is 2. The molecule has 0 saturated carbocycles. The molecule has 0 atom stereocenters. The van der Waals surface area contributed by atoms with Crippen LogP contribution in [0.4, 0.5) is 9.59 Å². The van der Waals surface area contributed by atoms with Crippen molar-refractivity contribution in [2.45, 2.75) is 0 Å². The molecular weight excluding hydrogens is 242 g/mol. The standard InChI is InChI=1S/C11H11NO6/c1-16-10(14)12(11(15)17-2)18-9(13)8-6-4-3-5-7-8/h3-7H,1-2H3. The fourth-order valence-corrected chi connectivity index (χ4v) is 1.02. The smallest absolute Gasteiger partial charge is 0.450 e. The molecule has 7 nitrogen and oxygen atoms in total.